The van der Waals surface area contributed by atoms with E-state index in [9.17, 15) is 34.8 Å². The Morgan fingerprint density at radius 2 is 1.08 bits per heavy atom. The third-order valence-electron chi connectivity index (χ3n) is 9.11. The molecule has 0 aromatic heterocycles. The summed E-state index contributed by atoms with van der Waals surface area (Å²) in [6.45, 7) is 3.74. The lowest BCUT2D eigenvalue weighted by Crippen LogP contribution is -2.60. The molecule has 1 heterocycles. The largest absolute Gasteiger partial charge is 0.479 e. The molecule has 0 saturated carbocycles. The summed E-state index contributed by atoms with van der Waals surface area (Å²) in [7, 11) is 0. The Morgan fingerprint density at radius 1 is 0.600 bits per heavy atom. The van der Waals surface area contributed by atoms with Gasteiger partial charge in [-0.2, -0.15) is 0 Å². The smallest absolute Gasteiger partial charge is 0.335 e. The monoisotopic (exact) mass is 714 g/mol. The molecule has 1 aliphatic rings. The number of ether oxygens (including phenoxy) is 4. The molecule has 6 unspecified atom stereocenters. The highest BCUT2D eigenvalue weighted by Gasteiger charge is 2.47. The number of carbonyl (C=O) groups is 3. The van der Waals surface area contributed by atoms with E-state index >= 15 is 0 Å². The van der Waals surface area contributed by atoms with Crippen LogP contribution in [0.25, 0.3) is 0 Å². The molecule has 4 N–H and O–H groups in total. The lowest BCUT2D eigenvalue weighted by Gasteiger charge is -2.38. The SMILES string of the molecule is CCCC/C=C\CCCCCCCC(=O)OCC(COC1OC(C(=O)O)C(O)C(O)C1O)OC(=O)CCCCCCCCCCCCCCC. The first-order valence-corrected chi connectivity index (χ1v) is 19.7. The van der Waals surface area contributed by atoms with Crippen LogP contribution in [0.3, 0.4) is 0 Å². The Morgan fingerprint density at radius 3 is 1.62 bits per heavy atom. The maximum Gasteiger partial charge on any atom is 0.335 e. The van der Waals surface area contributed by atoms with E-state index in [2.05, 4.69) is 26.0 Å². The topological polar surface area (TPSA) is 169 Å². The first-order chi connectivity index (χ1) is 24.2. The Bertz CT molecular complexity index is 895. The summed E-state index contributed by atoms with van der Waals surface area (Å²) in [6, 6.07) is 0. The fraction of sp³-hybridized carbons (Fsp3) is 0.872. The predicted octanol–water partition coefficient (Wildman–Crippen LogP) is 7.31. The van der Waals surface area contributed by atoms with Gasteiger partial charge >= 0.3 is 17.9 Å². The fourth-order valence-corrected chi connectivity index (χ4v) is 5.92. The number of hydrogen-bond donors (Lipinski definition) is 4. The van der Waals surface area contributed by atoms with Crippen LogP contribution in [0, 0.1) is 0 Å². The second kappa shape index (κ2) is 30.6. The lowest BCUT2D eigenvalue weighted by atomic mass is 9.99. The molecule has 6 atom stereocenters. The molecule has 1 aliphatic heterocycles. The van der Waals surface area contributed by atoms with Gasteiger partial charge in [-0.15, -0.1) is 0 Å². The van der Waals surface area contributed by atoms with Crippen molar-refractivity contribution in [3.05, 3.63) is 12.2 Å². The van der Waals surface area contributed by atoms with E-state index in [-0.39, 0.29) is 26.1 Å². The van der Waals surface area contributed by atoms with Gasteiger partial charge in [0.15, 0.2) is 18.5 Å². The van der Waals surface area contributed by atoms with Crippen LogP contribution in [0.1, 0.15) is 168 Å². The molecule has 0 aliphatic carbocycles. The highest BCUT2D eigenvalue weighted by atomic mass is 16.7. The molecule has 0 aromatic rings. The Hall–Kier alpha value is -2.05. The number of aliphatic carboxylic acids is 1. The van der Waals surface area contributed by atoms with Gasteiger partial charge in [0.25, 0.3) is 0 Å². The summed E-state index contributed by atoms with van der Waals surface area (Å²) < 4.78 is 21.6. The number of carboxylic acid groups (broad SMARTS) is 1. The van der Waals surface area contributed by atoms with Crippen LogP contribution < -0.4 is 0 Å². The number of unbranched alkanes of at least 4 members (excludes halogenated alkanes) is 19. The minimum absolute atomic E-state index is 0.186. The van der Waals surface area contributed by atoms with Crippen LogP contribution in [0.2, 0.25) is 0 Å². The zero-order valence-corrected chi connectivity index (χ0v) is 31.2. The quantitative estimate of drug-likeness (QED) is 0.0313. The van der Waals surface area contributed by atoms with E-state index in [0.29, 0.717) is 12.8 Å². The Kier molecular flexibility index (Phi) is 28.1. The molecule has 0 aromatic carbocycles. The van der Waals surface area contributed by atoms with Gasteiger partial charge in [0.2, 0.25) is 0 Å². The van der Waals surface area contributed by atoms with Crippen molar-refractivity contribution in [2.75, 3.05) is 13.2 Å². The lowest BCUT2D eigenvalue weighted by molar-refractivity contribution is -0.298. The van der Waals surface area contributed by atoms with E-state index in [0.717, 1.165) is 57.8 Å². The first kappa shape index (κ1) is 46.0. The number of esters is 2. The highest BCUT2D eigenvalue weighted by Crippen LogP contribution is 2.23. The molecule has 0 radical (unpaired) electrons. The van der Waals surface area contributed by atoms with E-state index in [1.165, 1.54) is 70.6 Å². The molecular formula is C39H70O11. The van der Waals surface area contributed by atoms with Crippen molar-refractivity contribution in [1.82, 2.24) is 0 Å². The van der Waals surface area contributed by atoms with Gasteiger partial charge in [0, 0.05) is 12.8 Å². The van der Waals surface area contributed by atoms with Gasteiger partial charge in [0.05, 0.1) is 6.61 Å². The summed E-state index contributed by atoms with van der Waals surface area (Å²) in [6.07, 6.45) is 19.9. The molecular weight excluding hydrogens is 644 g/mol. The maximum absolute atomic E-state index is 12.7. The molecule has 292 valence electrons. The second-order valence-corrected chi connectivity index (χ2v) is 13.8. The summed E-state index contributed by atoms with van der Waals surface area (Å²) in [4.78, 5) is 36.6. The van der Waals surface area contributed by atoms with Crippen LogP contribution in [0.4, 0.5) is 0 Å². The average Bonchev–Trinajstić information content (AvgIpc) is 3.09. The summed E-state index contributed by atoms with van der Waals surface area (Å²) in [5.74, 6) is -2.45. The van der Waals surface area contributed by atoms with Crippen LogP contribution in [0.15, 0.2) is 12.2 Å². The summed E-state index contributed by atoms with van der Waals surface area (Å²) >= 11 is 0. The third-order valence-corrected chi connectivity index (χ3v) is 9.11. The van der Waals surface area contributed by atoms with Crippen molar-refractivity contribution >= 4 is 17.9 Å². The molecule has 11 nitrogen and oxygen atoms in total. The number of rotatable bonds is 32. The number of aliphatic hydroxyl groups is 3. The minimum atomic E-state index is -1.86. The standard InChI is InChI=1S/C39H70O11/c1-3-5-7-9-11-13-15-16-18-20-22-24-26-28-33(41)49-31(30-48-39-36(44)34(42)35(43)37(50-39)38(45)46)29-47-32(40)27-25-23-21-19-17-14-12-10-8-6-4-2/h10,12,31,34-37,39,42-44H,3-9,11,13-30H2,1-2H3,(H,45,46)/b12-10-. The van der Waals surface area contributed by atoms with E-state index in [1.807, 2.05) is 0 Å². The first-order valence-electron chi connectivity index (χ1n) is 19.7. The van der Waals surface area contributed by atoms with Crippen molar-refractivity contribution in [1.29, 1.82) is 0 Å². The molecule has 1 rings (SSSR count). The average molecular weight is 715 g/mol. The molecule has 0 amide bonds. The van der Waals surface area contributed by atoms with Crippen molar-refractivity contribution in [3.63, 3.8) is 0 Å². The van der Waals surface area contributed by atoms with E-state index < -0.39 is 54.7 Å². The van der Waals surface area contributed by atoms with Crippen molar-refractivity contribution in [3.8, 4) is 0 Å². The van der Waals surface area contributed by atoms with Crippen LogP contribution in [-0.4, -0.2) is 88.4 Å². The Balaban J connectivity index is 2.44. The normalized spacial score (nSPS) is 21.3. The molecule has 0 bridgehead atoms. The summed E-state index contributed by atoms with van der Waals surface area (Å²) in [5.41, 5.74) is 0. The van der Waals surface area contributed by atoms with E-state index in [1.54, 1.807) is 0 Å². The Labute approximate surface area is 301 Å². The van der Waals surface area contributed by atoms with Crippen molar-refractivity contribution in [2.45, 2.75) is 205 Å². The van der Waals surface area contributed by atoms with Crippen molar-refractivity contribution < 1.29 is 53.8 Å². The highest BCUT2D eigenvalue weighted by molar-refractivity contribution is 5.73. The van der Waals surface area contributed by atoms with Gasteiger partial charge in [-0.05, 0) is 32.1 Å². The molecule has 0 spiro atoms. The predicted molar refractivity (Wildman–Crippen MR) is 192 cm³/mol. The third kappa shape index (κ3) is 22.7. The van der Waals surface area contributed by atoms with Gasteiger partial charge in [-0.1, -0.05) is 135 Å². The van der Waals surface area contributed by atoms with Gasteiger partial charge < -0.3 is 39.4 Å². The van der Waals surface area contributed by atoms with E-state index in [4.69, 9.17) is 18.9 Å². The fourth-order valence-electron chi connectivity index (χ4n) is 5.92. The van der Waals surface area contributed by atoms with Crippen LogP contribution >= 0.6 is 0 Å². The van der Waals surface area contributed by atoms with Gasteiger partial charge in [-0.3, -0.25) is 9.59 Å². The van der Waals surface area contributed by atoms with Gasteiger partial charge in [0.1, 0.15) is 24.9 Å². The number of hydrogen-bond acceptors (Lipinski definition) is 10. The zero-order valence-electron chi connectivity index (χ0n) is 31.2. The zero-order chi connectivity index (χ0) is 36.8. The van der Waals surface area contributed by atoms with Crippen LogP contribution in [-0.2, 0) is 33.3 Å². The maximum atomic E-state index is 12.7. The molecule has 50 heavy (non-hydrogen) atoms. The number of aliphatic hydroxyl groups excluding tert-OH is 3. The minimum Gasteiger partial charge on any atom is -0.479 e. The number of carboxylic acids is 1. The number of carbonyl (C=O) groups excluding carboxylic acids is 2. The molecule has 1 fully saturated rings. The molecule has 11 heteroatoms. The summed E-state index contributed by atoms with van der Waals surface area (Å²) in [5, 5.41) is 39.6. The van der Waals surface area contributed by atoms with Crippen LogP contribution in [0.5, 0.6) is 0 Å². The second-order valence-electron chi connectivity index (χ2n) is 13.8. The molecule has 1 saturated heterocycles. The van der Waals surface area contributed by atoms with Crippen molar-refractivity contribution in [2.24, 2.45) is 0 Å². The number of allylic oxidation sites excluding steroid dienone is 2. The van der Waals surface area contributed by atoms with Gasteiger partial charge in [-0.25, -0.2) is 4.79 Å².